The van der Waals surface area contributed by atoms with Gasteiger partial charge in [-0.05, 0) is 31.0 Å². The molecule has 1 aliphatic heterocycles. The number of aromatic nitrogens is 5. The van der Waals surface area contributed by atoms with E-state index >= 15 is 0 Å². The number of nitrogens with two attached hydrogens (primary N) is 1. The molecule has 1 unspecified atom stereocenters. The molecule has 27 heavy (non-hydrogen) atoms. The quantitative estimate of drug-likeness (QED) is 0.591. The summed E-state index contributed by atoms with van der Waals surface area (Å²) in [6, 6.07) is 8.30. The van der Waals surface area contributed by atoms with Gasteiger partial charge in [0.1, 0.15) is 5.82 Å². The molecule has 1 atom stereocenters. The summed E-state index contributed by atoms with van der Waals surface area (Å²) in [6.45, 7) is 1.83. The van der Waals surface area contributed by atoms with Gasteiger partial charge in [-0.2, -0.15) is 5.10 Å². The van der Waals surface area contributed by atoms with E-state index in [0.29, 0.717) is 0 Å². The Morgan fingerprint density at radius 1 is 1.15 bits per heavy atom. The second kappa shape index (κ2) is 6.71. The summed E-state index contributed by atoms with van der Waals surface area (Å²) in [5.41, 5.74) is 9.82. The lowest BCUT2D eigenvalue weighted by atomic mass is 10.1. The topological polar surface area (TPSA) is 85.8 Å². The Morgan fingerprint density at radius 2 is 2.07 bits per heavy atom. The molecule has 8 heteroatoms. The predicted molar refractivity (Wildman–Crippen MR) is 107 cm³/mol. The van der Waals surface area contributed by atoms with Gasteiger partial charge in [-0.3, -0.25) is 9.97 Å². The first-order valence-electron chi connectivity index (χ1n) is 8.98. The summed E-state index contributed by atoms with van der Waals surface area (Å²) < 4.78 is 1.87. The molecular weight excluding hydrogens is 358 g/mol. The van der Waals surface area contributed by atoms with Crippen molar-refractivity contribution in [3.8, 4) is 16.4 Å². The maximum absolute atomic E-state index is 6.13. The lowest BCUT2D eigenvalue weighted by molar-refractivity contribution is 0.503. The van der Waals surface area contributed by atoms with Gasteiger partial charge in [0.2, 0.25) is 0 Å². The molecule has 0 bridgehead atoms. The molecule has 1 fully saturated rings. The molecule has 0 saturated carbocycles. The average molecular weight is 377 g/mol. The van der Waals surface area contributed by atoms with E-state index in [9.17, 15) is 0 Å². The van der Waals surface area contributed by atoms with Crippen molar-refractivity contribution in [3.05, 3.63) is 48.4 Å². The molecule has 5 rings (SSSR count). The van der Waals surface area contributed by atoms with Crippen LogP contribution in [-0.4, -0.2) is 43.9 Å². The van der Waals surface area contributed by atoms with E-state index < -0.39 is 0 Å². The minimum atomic E-state index is 0.211. The largest absolute Gasteiger partial charge is 0.355 e. The molecule has 0 spiro atoms. The first kappa shape index (κ1) is 16.3. The van der Waals surface area contributed by atoms with Gasteiger partial charge in [-0.1, -0.05) is 6.07 Å². The zero-order valence-electron chi connectivity index (χ0n) is 14.7. The third kappa shape index (κ3) is 3.07. The van der Waals surface area contributed by atoms with Crippen LogP contribution in [0.15, 0.2) is 48.4 Å². The highest BCUT2D eigenvalue weighted by atomic mass is 32.1. The number of pyridine rings is 2. The molecule has 4 aromatic rings. The van der Waals surface area contributed by atoms with E-state index in [1.165, 1.54) is 0 Å². The van der Waals surface area contributed by atoms with Crippen molar-refractivity contribution in [3.63, 3.8) is 0 Å². The van der Waals surface area contributed by atoms with Crippen LogP contribution in [0.2, 0.25) is 0 Å². The molecule has 136 valence electrons. The minimum Gasteiger partial charge on any atom is -0.355 e. The van der Waals surface area contributed by atoms with Gasteiger partial charge in [-0.15, -0.1) is 11.3 Å². The van der Waals surface area contributed by atoms with Crippen molar-refractivity contribution in [1.29, 1.82) is 0 Å². The van der Waals surface area contributed by atoms with Crippen molar-refractivity contribution in [1.82, 2.24) is 24.7 Å². The standard InChI is InChI=1S/C19H19N7S/c20-14-3-2-6-25(11-14)18-4-1-5-19(24-18)26-16-7-15(17-10-21-12-27-17)22-8-13(16)9-23-26/h1,4-5,7-10,12,14H,2-3,6,11,20H2. The van der Waals surface area contributed by atoms with Crippen LogP contribution in [0.1, 0.15) is 12.8 Å². The first-order valence-corrected chi connectivity index (χ1v) is 9.86. The lowest BCUT2D eigenvalue weighted by Gasteiger charge is -2.31. The van der Waals surface area contributed by atoms with Crippen molar-refractivity contribution in [2.45, 2.75) is 18.9 Å². The normalized spacial score (nSPS) is 17.5. The highest BCUT2D eigenvalue weighted by Crippen LogP contribution is 2.26. The Balaban J connectivity index is 1.55. The lowest BCUT2D eigenvalue weighted by Crippen LogP contribution is -2.43. The third-order valence-electron chi connectivity index (χ3n) is 4.86. The molecule has 2 N–H and O–H groups in total. The second-order valence-electron chi connectivity index (χ2n) is 6.75. The summed E-state index contributed by atoms with van der Waals surface area (Å²) in [6.07, 6.45) is 7.68. The van der Waals surface area contributed by atoms with E-state index in [1.807, 2.05) is 53.0 Å². The van der Waals surface area contributed by atoms with Crippen LogP contribution in [0.3, 0.4) is 0 Å². The second-order valence-corrected chi connectivity index (χ2v) is 7.64. The molecule has 1 aliphatic rings. The summed E-state index contributed by atoms with van der Waals surface area (Å²) in [5.74, 6) is 1.74. The molecule has 0 aromatic carbocycles. The van der Waals surface area contributed by atoms with Crippen LogP contribution in [0.4, 0.5) is 5.82 Å². The third-order valence-corrected chi connectivity index (χ3v) is 5.65. The molecule has 5 heterocycles. The highest BCUT2D eigenvalue weighted by molar-refractivity contribution is 7.13. The monoisotopic (exact) mass is 377 g/mol. The van der Waals surface area contributed by atoms with Crippen molar-refractivity contribution < 1.29 is 0 Å². The predicted octanol–water partition coefficient (Wildman–Crippen LogP) is 2.87. The average Bonchev–Trinajstić information content (AvgIpc) is 3.37. The maximum Gasteiger partial charge on any atom is 0.156 e. The van der Waals surface area contributed by atoms with Crippen LogP contribution in [0.25, 0.3) is 27.3 Å². The fourth-order valence-corrected chi connectivity index (χ4v) is 4.09. The van der Waals surface area contributed by atoms with Crippen LogP contribution in [-0.2, 0) is 0 Å². The summed E-state index contributed by atoms with van der Waals surface area (Å²) in [4.78, 5) is 16.8. The number of nitrogens with zero attached hydrogens (tertiary/aromatic N) is 6. The van der Waals surface area contributed by atoms with E-state index in [4.69, 9.17) is 10.7 Å². The number of hydrogen-bond donors (Lipinski definition) is 1. The number of anilines is 1. The van der Waals surface area contributed by atoms with Crippen molar-refractivity contribution in [2.75, 3.05) is 18.0 Å². The molecule has 7 nitrogen and oxygen atoms in total. The zero-order valence-corrected chi connectivity index (χ0v) is 15.5. The molecule has 0 aliphatic carbocycles. The fraction of sp³-hybridized carbons (Fsp3) is 0.263. The number of hydrogen-bond acceptors (Lipinski definition) is 7. The Hall–Kier alpha value is -2.84. The van der Waals surface area contributed by atoms with Crippen LogP contribution < -0.4 is 10.6 Å². The Labute approximate surface area is 160 Å². The van der Waals surface area contributed by atoms with Crippen molar-refractivity contribution >= 4 is 28.1 Å². The first-order chi connectivity index (χ1) is 13.3. The molecule has 0 radical (unpaired) electrons. The Morgan fingerprint density at radius 3 is 2.93 bits per heavy atom. The number of thiazole rings is 1. The summed E-state index contributed by atoms with van der Waals surface area (Å²) in [7, 11) is 0. The summed E-state index contributed by atoms with van der Waals surface area (Å²) >= 11 is 1.57. The fourth-order valence-electron chi connectivity index (χ4n) is 3.50. The number of fused-ring (bicyclic) bond motifs is 1. The molecule has 4 aromatic heterocycles. The van der Waals surface area contributed by atoms with Crippen LogP contribution in [0, 0.1) is 0 Å². The Kier molecular flexibility index (Phi) is 4.06. The highest BCUT2D eigenvalue weighted by Gasteiger charge is 2.18. The van der Waals surface area contributed by atoms with Gasteiger partial charge in [0.05, 0.1) is 27.8 Å². The van der Waals surface area contributed by atoms with E-state index in [0.717, 1.165) is 59.0 Å². The van der Waals surface area contributed by atoms with E-state index in [-0.39, 0.29) is 6.04 Å². The van der Waals surface area contributed by atoms with Gasteiger partial charge >= 0.3 is 0 Å². The number of rotatable bonds is 3. The Bertz CT molecular complexity index is 1070. The van der Waals surface area contributed by atoms with Gasteiger partial charge in [0.15, 0.2) is 5.82 Å². The van der Waals surface area contributed by atoms with E-state index in [2.05, 4.69) is 20.0 Å². The molecule has 1 saturated heterocycles. The van der Waals surface area contributed by atoms with Gasteiger partial charge in [-0.25, -0.2) is 9.67 Å². The van der Waals surface area contributed by atoms with Gasteiger partial charge in [0, 0.05) is 36.9 Å². The summed E-state index contributed by atoms with van der Waals surface area (Å²) in [5, 5.41) is 5.53. The van der Waals surface area contributed by atoms with Crippen LogP contribution >= 0.6 is 11.3 Å². The van der Waals surface area contributed by atoms with Gasteiger partial charge in [0.25, 0.3) is 0 Å². The minimum absolute atomic E-state index is 0.211. The maximum atomic E-state index is 6.13. The van der Waals surface area contributed by atoms with E-state index in [1.54, 1.807) is 11.3 Å². The molecular formula is C19H19N7S. The SMILES string of the molecule is NC1CCCN(c2cccc(-n3ncc4cnc(-c5cncs5)cc43)n2)C1. The smallest absolute Gasteiger partial charge is 0.156 e. The zero-order chi connectivity index (χ0) is 18.2. The molecule has 0 amide bonds. The van der Waals surface area contributed by atoms with Crippen molar-refractivity contribution in [2.24, 2.45) is 5.73 Å². The van der Waals surface area contributed by atoms with Gasteiger partial charge < -0.3 is 10.6 Å². The van der Waals surface area contributed by atoms with Crippen LogP contribution in [0.5, 0.6) is 0 Å². The number of piperidine rings is 1.